The van der Waals surface area contributed by atoms with Crippen LogP contribution in [0.25, 0.3) is 0 Å². The van der Waals surface area contributed by atoms with Crippen molar-refractivity contribution < 1.29 is 9.47 Å². The standard InChI is InChI=1S/C18H21BN2O2/c1-12(2)23-16-8-6-13(7-9-16)18(11-22-17(20)21-18)14-4-3-5-15(19)10-14/h3-10,12H,11,19H2,1-2H3,(H2,20,21). The summed E-state index contributed by atoms with van der Waals surface area (Å²) in [5.41, 5.74) is 8.53. The van der Waals surface area contributed by atoms with E-state index in [1.165, 1.54) is 5.46 Å². The van der Waals surface area contributed by atoms with Crippen molar-refractivity contribution in [1.29, 1.82) is 0 Å². The van der Waals surface area contributed by atoms with Crippen molar-refractivity contribution in [3.05, 3.63) is 59.7 Å². The highest BCUT2D eigenvalue weighted by Gasteiger charge is 2.40. The second-order valence-corrected chi connectivity index (χ2v) is 6.16. The molecule has 0 fully saturated rings. The molecule has 5 heteroatoms. The molecule has 0 aromatic heterocycles. The number of nitrogens with two attached hydrogens (primary N) is 1. The largest absolute Gasteiger partial charge is 0.491 e. The van der Waals surface area contributed by atoms with Crippen LogP contribution in [0.3, 0.4) is 0 Å². The van der Waals surface area contributed by atoms with Crippen LogP contribution >= 0.6 is 0 Å². The van der Waals surface area contributed by atoms with E-state index in [0.717, 1.165) is 16.9 Å². The highest BCUT2D eigenvalue weighted by atomic mass is 16.5. The van der Waals surface area contributed by atoms with Gasteiger partial charge in [-0.05, 0) is 37.1 Å². The Bertz CT molecular complexity index is 728. The second kappa shape index (κ2) is 5.99. The molecule has 1 unspecified atom stereocenters. The fraction of sp³-hybridized carbons (Fsp3) is 0.278. The Kier molecular flexibility index (Phi) is 4.03. The lowest BCUT2D eigenvalue weighted by Gasteiger charge is -2.26. The highest BCUT2D eigenvalue weighted by molar-refractivity contribution is 6.32. The molecule has 1 aliphatic heterocycles. The second-order valence-electron chi connectivity index (χ2n) is 6.16. The lowest BCUT2D eigenvalue weighted by Crippen LogP contribution is -2.28. The van der Waals surface area contributed by atoms with E-state index >= 15 is 0 Å². The van der Waals surface area contributed by atoms with Crippen molar-refractivity contribution in [3.8, 4) is 5.75 Å². The van der Waals surface area contributed by atoms with E-state index in [-0.39, 0.29) is 12.1 Å². The quantitative estimate of drug-likeness (QED) is 0.867. The van der Waals surface area contributed by atoms with E-state index in [1.54, 1.807) is 0 Å². The number of ether oxygens (including phenoxy) is 2. The van der Waals surface area contributed by atoms with Crippen molar-refractivity contribution in [2.45, 2.75) is 25.5 Å². The molecule has 118 valence electrons. The van der Waals surface area contributed by atoms with Crippen molar-refractivity contribution in [3.63, 3.8) is 0 Å². The third-order valence-corrected chi connectivity index (χ3v) is 3.93. The van der Waals surface area contributed by atoms with Gasteiger partial charge in [0, 0.05) is 0 Å². The molecule has 23 heavy (non-hydrogen) atoms. The molecule has 1 atom stereocenters. The van der Waals surface area contributed by atoms with Crippen molar-refractivity contribution in [2.75, 3.05) is 6.61 Å². The van der Waals surface area contributed by atoms with Gasteiger partial charge in [0.2, 0.25) is 0 Å². The summed E-state index contributed by atoms with van der Waals surface area (Å²) in [6, 6.07) is 16.5. The molecule has 4 nitrogen and oxygen atoms in total. The lowest BCUT2D eigenvalue weighted by atomic mass is 9.81. The highest BCUT2D eigenvalue weighted by Crippen LogP contribution is 2.37. The van der Waals surface area contributed by atoms with Gasteiger partial charge in [-0.2, -0.15) is 0 Å². The third kappa shape index (κ3) is 3.04. The molecule has 2 aromatic rings. The summed E-state index contributed by atoms with van der Waals surface area (Å²) in [7, 11) is 2.07. The first-order valence-electron chi connectivity index (χ1n) is 7.82. The zero-order valence-electron chi connectivity index (χ0n) is 13.7. The van der Waals surface area contributed by atoms with Crippen molar-refractivity contribution >= 4 is 19.3 Å². The minimum atomic E-state index is -0.591. The van der Waals surface area contributed by atoms with Gasteiger partial charge in [0.1, 0.15) is 25.7 Å². The molecule has 1 heterocycles. The zero-order valence-corrected chi connectivity index (χ0v) is 13.7. The van der Waals surface area contributed by atoms with Gasteiger partial charge in [0.15, 0.2) is 0 Å². The summed E-state index contributed by atoms with van der Waals surface area (Å²) in [5.74, 6) is 0.846. The molecule has 0 spiro atoms. The van der Waals surface area contributed by atoms with E-state index in [2.05, 4.69) is 31.0 Å². The maximum atomic E-state index is 5.82. The Labute approximate surface area is 137 Å². The van der Waals surface area contributed by atoms with E-state index in [0.29, 0.717) is 6.61 Å². The summed E-state index contributed by atoms with van der Waals surface area (Å²) in [6.07, 6.45) is 0.148. The summed E-state index contributed by atoms with van der Waals surface area (Å²) >= 11 is 0. The van der Waals surface area contributed by atoms with Crippen LogP contribution in [0.5, 0.6) is 5.75 Å². The summed E-state index contributed by atoms with van der Waals surface area (Å²) in [5, 5.41) is 0. The molecule has 2 N–H and O–H groups in total. The van der Waals surface area contributed by atoms with Gasteiger partial charge in [-0.3, -0.25) is 0 Å². The average molecular weight is 308 g/mol. The number of amidine groups is 1. The van der Waals surface area contributed by atoms with Gasteiger partial charge in [0.25, 0.3) is 6.02 Å². The smallest absolute Gasteiger partial charge is 0.283 e. The fourth-order valence-electron chi connectivity index (χ4n) is 2.88. The molecule has 1 aliphatic rings. The molecular weight excluding hydrogens is 287 g/mol. The summed E-state index contributed by atoms with van der Waals surface area (Å²) in [4.78, 5) is 4.62. The first kappa shape index (κ1) is 15.5. The van der Waals surface area contributed by atoms with E-state index < -0.39 is 5.54 Å². The van der Waals surface area contributed by atoms with E-state index in [9.17, 15) is 0 Å². The Morgan fingerprint density at radius 3 is 2.48 bits per heavy atom. The molecule has 0 amide bonds. The van der Waals surface area contributed by atoms with Crippen LogP contribution in [-0.2, 0) is 10.3 Å². The first-order chi connectivity index (χ1) is 11.0. The Balaban J connectivity index is 2.04. The number of hydrogen-bond donors (Lipinski definition) is 1. The van der Waals surface area contributed by atoms with Gasteiger partial charge in [0.05, 0.1) is 6.10 Å². The molecule has 0 radical (unpaired) electrons. The molecule has 0 saturated carbocycles. The minimum absolute atomic E-state index is 0.148. The van der Waals surface area contributed by atoms with Crippen LogP contribution in [0.4, 0.5) is 0 Å². The van der Waals surface area contributed by atoms with Gasteiger partial charge in [-0.1, -0.05) is 41.9 Å². The van der Waals surface area contributed by atoms with Gasteiger partial charge < -0.3 is 15.2 Å². The van der Waals surface area contributed by atoms with Crippen LogP contribution in [-0.4, -0.2) is 26.6 Å². The molecule has 0 aliphatic carbocycles. The molecule has 0 saturated heterocycles. The lowest BCUT2D eigenvalue weighted by molar-refractivity contribution is 0.242. The van der Waals surface area contributed by atoms with Crippen LogP contribution < -0.4 is 15.9 Å². The maximum Gasteiger partial charge on any atom is 0.283 e. The zero-order chi connectivity index (χ0) is 16.4. The van der Waals surface area contributed by atoms with Gasteiger partial charge >= 0.3 is 0 Å². The monoisotopic (exact) mass is 308 g/mol. The fourth-order valence-corrected chi connectivity index (χ4v) is 2.88. The Morgan fingerprint density at radius 2 is 1.91 bits per heavy atom. The molecule has 3 rings (SSSR count). The van der Waals surface area contributed by atoms with Crippen LogP contribution in [0.15, 0.2) is 53.5 Å². The number of hydrogen-bond acceptors (Lipinski definition) is 4. The van der Waals surface area contributed by atoms with Crippen LogP contribution in [0.1, 0.15) is 25.0 Å². The number of nitrogens with zero attached hydrogens (tertiary/aromatic N) is 1. The SMILES string of the molecule is Bc1cccc(C2(c3ccc(OC(C)C)cc3)COC(N)=N2)c1. The molecule has 0 bridgehead atoms. The number of aliphatic imine (C=N–C) groups is 1. The third-order valence-electron chi connectivity index (χ3n) is 3.93. The Morgan fingerprint density at radius 1 is 1.17 bits per heavy atom. The summed E-state index contributed by atoms with van der Waals surface area (Å²) in [6.45, 7) is 4.43. The normalized spacial score (nSPS) is 20.2. The van der Waals surface area contributed by atoms with Gasteiger partial charge in [-0.15, -0.1) is 0 Å². The van der Waals surface area contributed by atoms with Gasteiger partial charge in [-0.25, -0.2) is 4.99 Å². The molecule has 2 aromatic carbocycles. The topological polar surface area (TPSA) is 56.8 Å². The summed E-state index contributed by atoms with van der Waals surface area (Å²) < 4.78 is 11.2. The predicted octanol–water partition coefficient (Wildman–Crippen LogP) is 1.32. The van der Waals surface area contributed by atoms with E-state index in [1.807, 2.05) is 44.2 Å². The van der Waals surface area contributed by atoms with Crippen molar-refractivity contribution in [1.82, 2.24) is 0 Å². The number of rotatable bonds is 4. The predicted molar refractivity (Wildman–Crippen MR) is 95.2 cm³/mol. The van der Waals surface area contributed by atoms with Crippen molar-refractivity contribution in [2.24, 2.45) is 10.7 Å². The number of benzene rings is 2. The van der Waals surface area contributed by atoms with Crippen LogP contribution in [0.2, 0.25) is 0 Å². The Hall–Kier alpha value is -2.43. The first-order valence-corrected chi connectivity index (χ1v) is 7.82. The average Bonchev–Trinajstić information content (AvgIpc) is 2.91. The van der Waals surface area contributed by atoms with Crippen LogP contribution in [0, 0.1) is 0 Å². The minimum Gasteiger partial charge on any atom is -0.491 e. The molecular formula is C18H21BN2O2. The van der Waals surface area contributed by atoms with E-state index in [4.69, 9.17) is 15.2 Å². The maximum absolute atomic E-state index is 5.82.